The molecular weight excluding hydrogens is 244 g/mol. The van der Waals surface area contributed by atoms with E-state index in [4.69, 9.17) is 0 Å². The quantitative estimate of drug-likeness (QED) is 0.739. The Kier molecular flexibility index (Phi) is 4.50. The fraction of sp³-hybridized carbons (Fsp3) is 0.556. The minimum absolute atomic E-state index is 0.0615. The summed E-state index contributed by atoms with van der Waals surface area (Å²) in [7, 11) is -1.78. The number of carbonyl (C=O) groups is 1. The molecule has 0 bridgehead atoms. The first kappa shape index (κ1) is 13.5. The Morgan fingerprint density at radius 2 is 2.24 bits per heavy atom. The van der Waals surface area contributed by atoms with Crippen molar-refractivity contribution in [3.63, 3.8) is 0 Å². The van der Waals surface area contributed by atoms with Crippen LogP contribution in [0, 0.1) is 0 Å². The van der Waals surface area contributed by atoms with Crippen LogP contribution in [-0.2, 0) is 21.4 Å². The van der Waals surface area contributed by atoms with Gasteiger partial charge in [-0.05, 0) is 6.42 Å². The number of aromatic nitrogens is 2. The van der Waals surface area contributed by atoms with Gasteiger partial charge in [0, 0.05) is 13.2 Å². The van der Waals surface area contributed by atoms with Gasteiger partial charge in [0.1, 0.15) is 6.54 Å². The molecule has 1 aromatic heterocycles. The second-order valence-electron chi connectivity index (χ2n) is 3.52. The number of sulfonamides is 1. The summed E-state index contributed by atoms with van der Waals surface area (Å²) in [5, 5.41) is 6.33. The highest BCUT2D eigenvalue weighted by Crippen LogP contribution is 2.08. The van der Waals surface area contributed by atoms with Crippen LogP contribution in [0.2, 0.25) is 0 Å². The van der Waals surface area contributed by atoms with Gasteiger partial charge in [-0.1, -0.05) is 6.92 Å². The second kappa shape index (κ2) is 5.67. The van der Waals surface area contributed by atoms with E-state index in [2.05, 4.69) is 15.1 Å². The predicted molar refractivity (Wildman–Crippen MR) is 64.0 cm³/mol. The lowest BCUT2D eigenvalue weighted by atomic mass is 10.6. The highest BCUT2D eigenvalue weighted by Gasteiger charge is 2.10. The topological polar surface area (TPSA) is 93.1 Å². The molecule has 1 amide bonds. The Morgan fingerprint density at radius 1 is 1.53 bits per heavy atom. The number of carbonyl (C=O) groups excluding carboxylic acids is 1. The summed E-state index contributed by atoms with van der Waals surface area (Å²) < 4.78 is 26.7. The zero-order valence-electron chi connectivity index (χ0n) is 9.80. The molecule has 8 heteroatoms. The van der Waals surface area contributed by atoms with Crippen molar-refractivity contribution in [3.8, 4) is 0 Å². The number of nitrogens with one attached hydrogen (secondary N) is 2. The van der Waals surface area contributed by atoms with E-state index < -0.39 is 10.0 Å². The minimum Gasteiger partial charge on any atom is -0.358 e. The first-order valence-corrected chi connectivity index (χ1v) is 6.85. The van der Waals surface area contributed by atoms with Crippen LogP contribution in [0.5, 0.6) is 0 Å². The zero-order chi connectivity index (χ0) is 12.9. The number of amides is 1. The SMILES string of the molecule is CCCS(=O)(=O)Nc1cnn(CC(=O)NC)c1. The van der Waals surface area contributed by atoms with E-state index in [9.17, 15) is 13.2 Å². The lowest BCUT2D eigenvalue weighted by Crippen LogP contribution is -2.23. The van der Waals surface area contributed by atoms with Gasteiger partial charge < -0.3 is 5.32 Å². The fourth-order valence-electron chi connectivity index (χ4n) is 1.23. The fourth-order valence-corrected chi connectivity index (χ4v) is 2.33. The molecule has 2 N–H and O–H groups in total. The molecule has 1 rings (SSSR count). The van der Waals surface area contributed by atoms with E-state index in [-0.39, 0.29) is 18.2 Å². The van der Waals surface area contributed by atoms with Gasteiger partial charge in [-0.15, -0.1) is 0 Å². The van der Waals surface area contributed by atoms with Crippen LogP contribution in [0.15, 0.2) is 12.4 Å². The van der Waals surface area contributed by atoms with Gasteiger partial charge in [-0.3, -0.25) is 14.2 Å². The molecule has 0 spiro atoms. The Labute approximate surface area is 100 Å². The van der Waals surface area contributed by atoms with E-state index in [1.807, 2.05) is 0 Å². The summed E-state index contributed by atoms with van der Waals surface area (Å²) in [6.45, 7) is 1.85. The third-order valence-electron chi connectivity index (χ3n) is 1.96. The molecule has 17 heavy (non-hydrogen) atoms. The summed E-state index contributed by atoms with van der Waals surface area (Å²) in [5.41, 5.74) is 0.363. The van der Waals surface area contributed by atoms with Crippen molar-refractivity contribution in [2.24, 2.45) is 0 Å². The normalized spacial score (nSPS) is 11.2. The van der Waals surface area contributed by atoms with Crippen LogP contribution < -0.4 is 10.0 Å². The van der Waals surface area contributed by atoms with Crippen molar-refractivity contribution in [1.29, 1.82) is 0 Å². The van der Waals surface area contributed by atoms with Crippen LogP contribution in [0.3, 0.4) is 0 Å². The van der Waals surface area contributed by atoms with Gasteiger partial charge in [0.25, 0.3) is 0 Å². The number of nitrogens with zero attached hydrogens (tertiary/aromatic N) is 2. The largest absolute Gasteiger partial charge is 0.358 e. The van der Waals surface area contributed by atoms with E-state index >= 15 is 0 Å². The number of hydrogen-bond acceptors (Lipinski definition) is 4. The molecular formula is C9H16N4O3S. The van der Waals surface area contributed by atoms with Gasteiger partial charge in [-0.25, -0.2) is 8.42 Å². The smallest absolute Gasteiger partial charge is 0.241 e. The van der Waals surface area contributed by atoms with Crippen molar-refractivity contribution in [1.82, 2.24) is 15.1 Å². The highest BCUT2D eigenvalue weighted by atomic mass is 32.2. The monoisotopic (exact) mass is 260 g/mol. The molecule has 0 aliphatic rings. The maximum absolute atomic E-state index is 11.5. The number of hydrogen-bond donors (Lipinski definition) is 2. The van der Waals surface area contributed by atoms with Gasteiger partial charge in [0.05, 0.1) is 17.6 Å². The summed E-state index contributed by atoms with van der Waals surface area (Å²) in [6, 6.07) is 0. The Balaban J connectivity index is 2.66. The van der Waals surface area contributed by atoms with Crippen molar-refractivity contribution < 1.29 is 13.2 Å². The molecule has 1 heterocycles. The standard InChI is InChI=1S/C9H16N4O3S/c1-3-4-17(15,16)12-8-5-11-13(6-8)7-9(14)10-2/h5-6,12H,3-4,7H2,1-2H3,(H,10,14). The van der Waals surface area contributed by atoms with Gasteiger partial charge >= 0.3 is 0 Å². The molecule has 0 saturated heterocycles. The Hall–Kier alpha value is -1.57. The maximum atomic E-state index is 11.5. The molecule has 0 aliphatic carbocycles. The lowest BCUT2D eigenvalue weighted by molar-refractivity contribution is -0.121. The first-order valence-electron chi connectivity index (χ1n) is 5.20. The van der Waals surface area contributed by atoms with Crippen molar-refractivity contribution in [3.05, 3.63) is 12.4 Å². The van der Waals surface area contributed by atoms with E-state index in [0.717, 1.165) is 0 Å². The van der Waals surface area contributed by atoms with Crippen LogP contribution in [0.25, 0.3) is 0 Å². The van der Waals surface area contributed by atoms with Gasteiger partial charge in [0.2, 0.25) is 15.9 Å². The van der Waals surface area contributed by atoms with Crippen molar-refractivity contribution in [2.45, 2.75) is 19.9 Å². The third kappa shape index (κ3) is 4.43. The van der Waals surface area contributed by atoms with Crippen LogP contribution >= 0.6 is 0 Å². The Bertz CT molecular complexity index is 480. The second-order valence-corrected chi connectivity index (χ2v) is 5.36. The predicted octanol–water partition coefficient (Wildman–Crippen LogP) is -0.219. The lowest BCUT2D eigenvalue weighted by Gasteiger charge is -2.03. The van der Waals surface area contributed by atoms with E-state index in [1.54, 1.807) is 6.92 Å². The molecule has 7 nitrogen and oxygen atoms in total. The van der Waals surface area contributed by atoms with E-state index in [1.165, 1.54) is 24.1 Å². The molecule has 1 aromatic rings. The summed E-state index contributed by atoms with van der Waals surface area (Å²) in [4.78, 5) is 11.1. The number of likely N-dealkylation sites (N-methyl/N-ethyl adjacent to an activating group) is 1. The van der Waals surface area contributed by atoms with Crippen molar-refractivity contribution in [2.75, 3.05) is 17.5 Å². The molecule has 0 aromatic carbocycles. The van der Waals surface area contributed by atoms with Gasteiger partial charge in [0.15, 0.2) is 0 Å². The summed E-state index contributed by atoms with van der Waals surface area (Å²) in [5.74, 6) is -0.135. The first-order chi connectivity index (χ1) is 7.96. The molecule has 0 unspecified atom stereocenters. The molecule has 0 aliphatic heterocycles. The average molecular weight is 260 g/mol. The van der Waals surface area contributed by atoms with Crippen molar-refractivity contribution >= 4 is 21.6 Å². The number of rotatable bonds is 6. The average Bonchev–Trinajstić information content (AvgIpc) is 2.64. The molecule has 0 fully saturated rings. The van der Waals surface area contributed by atoms with Crippen LogP contribution in [-0.4, -0.2) is 36.9 Å². The van der Waals surface area contributed by atoms with Crippen LogP contribution in [0.1, 0.15) is 13.3 Å². The third-order valence-corrected chi connectivity index (χ3v) is 3.46. The van der Waals surface area contributed by atoms with E-state index in [0.29, 0.717) is 12.1 Å². The molecule has 0 atom stereocenters. The zero-order valence-corrected chi connectivity index (χ0v) is 10.6. The molecule has 0 radical (unpaired) electrons. The summed E-state index contributed by atoms with van der Waals surface area (Å²) >= 11 is 0. The Morgan fingerprint density at radius 3 is 2.82 bits per heavy atom. The maximum Gasteiger partial charge on any atom is 0.241 e. The highest BCUT2D eigenvalue weighted by molar-refractivity contribution is 7.92. The number of anilines is 1. The summed E-state index contributed by atoms with van der Waals surface area (Å²) in [6.07, 6.45) is 3.39. The molecule has 96 valence electrons. The van der Waals surface area contributed by atoms with Crippen LogP contribution in [0.4, 0.5) is 5.69 Å². The minimum atomic E-state index is -3.31. The molecule has 0 saturated carbocycles. The van der Waals surface area contributed by atoms with Gasteiger partial charge in [-0.2, -0.15) is 5.10 Å².